The molecule has 0 spiro atoms. The molecule has 2 aromatic rings. The Balaban J connectivity index is 1.94. The zero-order valence-electron chi connectivity index (χ0n) is 13.5. The summed E-state index contributed by atoms with van der Waals surface area (Å²) in [6.45, 7) is 5.95. The van der Waals surface area contributed by atoms with Crippen LogP contribution in [0.15, 0.2) is 42.6 Å². The van der Waals surface area contributed by atoms with Crippen LogP contribution in [-0.4, -0.2) is 21.8 Å². The van der Waals surface area contributed by atoms with Crippen LogP contribution in [-0.2, 0) is 11.3 Å². The first-order valence-electron chi connectivity index (χ1n) is 7.30. The van der Waals surface area contributed by atoms with Crippen LogP contribution >= 0.6 is 0 Å². The third kappa shape index (κ3) is 5.86. The number of nitrogens with one attached hydrogen (secondary N) is 2. The lowest BCUT2D eigenvalue weighted by Gasteiger charge is -2.19. The first kappa shape index (κ1) is 16.6. The SMILES string of the molecule is CC(C)(C)OC(=O)Nc1cccc(NCc2ccc(O)cn2)c1. The van der Waals surface area contributed by atoms with Crippen LogP contribution in [0.3, 0.4) is 0 Å². The molecule has 0 saturated carbocycles. The fourth-order valence-corrected chi connectivity index (χ4v) is 1.84. The molecule has 0 radical (unpaired) electrons. The summed E-state index contributed by atoms with van der Waals surface area (Å²) in [4.78, 5) is 15.9. The second-order valence-electron chi connectivity index (χ2n) is 6.07. The lowest BCUT2D eigenvalue weighted by Crippen LogP contribution is -2.27. The van der Waals surface area contributed by atoms with Gasteiger partial charge in [0, 0.05) is 11.4 Å². The van der Waals surface area contributed by atoms with Crippen molar-refractivity contribution in [2.45, 2.75) is 32.9 Å². The minimum Gasteiger partial charge on any atom is -0.506 e. The second kappa shape index (κ2) is 7.00. The smallest absolute Gasteiger partial charge is 0.412 e. The number of aromatic hydroxyl groups is 1. The van der Waals surface area contributed by atoms with Gasteiger partial charge in [-0.1, -0.05) is 6.07 Å². The van der Waals surface area contributed by atoms with Gasteiger partial charge in [0.2, 0.25) is 0 Å². The lowest BCUT2D eigenvalue weighted by atomic mass is 10.2. The highest BCUT2D eigenvalue weighted by molar-refractivity contribution is 5.85. The molecule has 1 amide bonds. The Morgan fingerprint density at radius 3 is 2.61 bits per heavy atom. The molecule has 6 nitrogen and oxygen atoms in total. The first-order chi connectivity index (χ1) is 10.8. The summed E-state index contributed by atoms with van der Waals surface area (Å²) in [5, 5.41) is 15.1. The Hall–Kier alpha value is -2.76. The van der Waals surface area contributed by atoms with Crippen molar-refractivity contribution < 1.29 is 14.6 Å². The quantitative estimate of drug-likeness (QED) is 0.800. The summed E-state index contributed by atoms with van der Waals surface area (Å²) in [5.41, 5.74) is 1.74. The third-order valence-electron chi connectivity index (χ3n) is 2.79. The van der Waals surface area contributed by atoms with E-state index in [1.807, 2.05) is 39.0 Å². The molecule has 1 aromatic carbocycles. The first-order valence-corrected chi connectivity index (χ1v) is 7.30. The average Bonchev–Trinajstić information content (AvgIpc) is 2.45. The molecule has 0 aliphatic heterocycles. The van der Waals surface area contributed by atoms with Crippen molar-refractivity contribution in [1.82, 2.24) is 4.98 Å². The summed E-state index contributed by atoms with van der Waals surface area (Å²) in [6.07, 6.45) is 0.909. The Kier molecular flexibility index (Phi) is 5.05. The van der Waals surface area contributed by atoms with Crippen molar-refractivity contribution in [3.8, 4) is 5.75 Å². The number of benzene rings is 1. The van der Waals surface area contributed by atoms with E-state index in [0.717, 1.165) is 11.4 Å². The van der Waals surface area contributed by atoms with Gasteiger partial charge in [-0.15, -0.1) is 0 Å². The number of carbonyl (C=O) groups is 1. The van der Waals surface area contributed by atoms with E-state index in [2.05, 4.69) is 15.6 Å². The number of nitrogens with zero attached hydrogens (tertiary/aromatic N) is 1. The van der Waals surface area contributed by atoms with Crippen LogP contribution in [0.5, 0.6) is 5.75 Å². The topological polar surface area (TPSA) is 83.5 Å². The van der Waals surface area contributed by atoms with E-state index >= 15 is 0 Å². The fourth-order valence-electron chi connectivity index (χ4n) is 1.84. The maximum absolute atomic E-state index is 11.8. The van der Waals surface area contributed by atoms with Crippen molar-refractivity contribution in [2.75, 3.05) is 10.6 Å². The average molecular weight is 315 g/mol. The monoisotopic (exact) mass is 315 g/mol. The maximum atomic E-state index is 11.8. The number of rotatable bonds is 4. The molecule has 2 rings (SSSR count). The highest BCUT2D eigenvalue weighted by atomic mass is 16.6. The highest BCUT2D eigenvalue weighted by Gasteiger charge is 2.16. The largest absolute Gasteiger partial charge is 0.506 e. The van der Waals surface area contributed by atoms with E-state index in [1.54, 1.807) is 18.2 Å². The predicted octanol–water partition coefficient (Wildman–Crippen LogP) is 3.75. The molecule has 0 aliphatic carbocycles. The van der Waals surface area contributed by atoms with E-state index < -0.39 is 11.7 Å². The summed E-state index contributed by atoms with van der Waals surface area (Å²) in [6, 6.07) is 10.6. The molecule has 0 saturated heterocycles. The molecule has 0 fully saturated rings. The number of carbonyl (C=O) groups excluding carboxylic acids is 1. The molecular weight excluding hydrogens is 294 g/mol. The van der Waals surface area contributed by atoms with Gasteiger partial charge in [-0.05, 0) is 51.1 Å². The van der Waals surface area contributed by atoms with Crippen molar-refractivity contribution in [3.63, 3.8) is 0 Å². The van der Waals surface area contributed by atoms with Crippen molar-refractivity contribution >= 4 is 17.5 Å². The number of anilines is 2. The van der Waals surface area contributed by atoms with Crippen molar-refractivity contribution in [1.29, 1.82) is 0 Å². The van der Waals surface area contributed by atoms with Crippen LogP contribution < -0.4 is 10.6 Å². The number of aromatic nitrogens is 1. The van der Waals surface area contributed by atoms with Crippen molar-refractivity contribution in [3.05, 3.63) is 48.3 Å². The van der Waals surface area contributed by atoms with Gasteiger partial charge in [0.1, 0.15) is 11.4 Å². The Bertz CT molecular complexity index is 664. The van der Waals surface area contributed by atoms with Crippen LogP contribution in [0.1, 0.15) is 26.5 Å². The fraction of sp³-hybridized carbons (Fsp3) is 0.294. The molecule has 0 unspecified atom stereocenters. The molecule has 6 heteroatoms. The summed E-state index contributed by atoms with van der Waals surface area (Å²) in [5.74, 6) is 0.136. The zero-order valence-corrected chi connectivity index (χ0v) is 13.5. The molecule has 3 N–H and O–H groups in total. The van der Waals surface area contributed by atoms with Crippen LogP contribution in [0.2, 0.25) is 0 Å². The number of amides is 1. The third-order valence-corrected chi connectivity index (χ3v) is 2.79. The van der Waals surface area contributed by atoms with Gasteiger partial charge >= 0.3 is 6.09 Å². The van der Waals surface area contributed by atoms with E-state index in [1.165, 1.54) is 6.20 Å². The number of hydrogen-bond acceptors (Lipinski definition) is 5. The predicted molar refractivity (Wildman–Crippen MR) is 89.5 cm³/mol. The van der Waals surface area contributed by atoms with E-state index in [-0.39, 0.29) is 5.75 Å². The second-order valence-corrected chi connectivity index (χ2v) is 6.07. The molecule has 0 aliphatic rings. The molecule has 23 heavy (non-hydrogen) atoms. The van der Waals surface area contributed by atoms with Crippen molar-refractivity contribution in [2.24, 2.45) is 0 Å². The van der Waals surface area contributed by atoms with Gasteiger partial charge in [-0.25, -0.2) is 4.79 Å². The molecule has 0 atom stereocenters. The van der Waals surface area contributed by atoms with Gasteiger partial charge in [0.05, 0.1) is 18.4 Å². The minimum absolute atomic E-state index is 0.136. The minimum atomic E-state index is -0.537. The highest BCUT2D eigenvalue weighted by Crippen LogP contribution is 2.17. The summed E-state index contributed by atoms with van der Waals surface area (Å²) >= 11 is 0. The molecule has 1 aromatic heterocycles. The van der Waals surface area contributed by atoms with Crippen LogP contribution in [0.25, 0.3) is 0 Å². The lowest BCUT2D eigenvalue weighted by molar-refractivity contribution is 0.0636. The van der Waals surface area contributed by atoms with Gasteiger partial charge in [-0.2, -0.15) is 0 Å². The zero-order chi connectivity index (χ0) is 16.9. The Morgan fingerprint density at radius 1 is 1.22 bits per heavy atom. The normalized spacial score (nSPS) is 10.9. The van der Waals surface area contributed by atoms with Gasteiger partial charge in [-0.3, -0.25) is 10.3 Å². The Labute approximate surface area is 135 Å². The van der Waals surface area contributed by atoms with Gasteiger partial charge in [0.15, 0.2) is 0 Å². The van der Waals surface area contributed by atoms with Gasteiger partial charge < -0.3 is 15.2 Å². The van der Waals surface area contributed by atoms with Gasteiger partial charge in [0.25, 0.3) is 0 Å². The Morgan fingerprint density at radius 2 is 1.96 bits per heavy atom. The molecular formula is C17H21N3O3. The summed E-state index contributed by atoms with van der Waals surface area (Å²) in [7, 11) is 0. The number of ether oxygens (including phenoxy) is 1. The maximum Gasteiger partial charge on any atom is 0.412 e. The molecule has 0 bridgehead atoms. The van der Waals surface area contributed by atoms with Crippen LogP contribution in [0, 0.1) is 0 Å². The number of hydrogen-bond donors (Lipinski definition) is 3. The summed E-state index contributed by atoms with van der Waals surface area (Å²) < 4.78 is 5.22. The van der Waals surface area contributed by atoms with E-state index in [4.69, 9.17) is 4.74 Å². The van der Waals surface area contributed by atoms with E-state index in [9.17, 15) is 9.90 Å². The van der Waals surface area contributed by atoms with Crippen LogP contribution in [0.4, 0.5) is 16.2 Å². The molecule has 122 valence electrons. The van der Waals surface area contributed by atoms with E-state index in [0.29, 0.717) is 12.2 Å². The standard InChI is InChI=1S/C17H21N3O3/c1-17(2,3)23-16(22)20-13-6-4-5-12(9-13)18-10-14-7-8-15(21)11-19-14/h4-9,11,18,21H,10H2,1-3H3,(H,20,22). The number of pyridine rings is 1. The molecule has 1 heterocycles.